The highest BCUT2D eigenvalue weighted by atomic mass is 35.5. The van der Waals surface area contributed by atoms with Crippen LogP contribution in [0.4, 0.5) is 10.2 Å². The molecule has 2 aromatic heterocycles. The van der Waals surface area contributed by atoms with Crippen LogP contribution in [-0.2, 0) is 11.4 Å². The topological polar surface area (TPSA) is 93.2 Å². The largest absolute Gasteiger partial charge is 0.338 e. The van der Waals surface area contributed by atoms with E-state index in [1.807, 2.05) is 6.07 Å². The second-order valence-electron chi connectivity index (χ2n) is 6.65. The number of nitrogens with zero attached hydrogens (tertiary/aromatic N) is 5. The fourth-order valence-corrected chi connectivity index (χ4v) is 3.73. The van der Waals surface area contributed by atoms with E-state index in [1.54, 1.807) is 0 Å². The van der Waals surface area contributed by atoms with E-state index in [0.717, 1.165) is 15.2 Å². The summed E-state index contributed by atoms with van der Waals surface area (Å²) in [5, 5.41) is 10.8. The first-order valence-corrected chi connectivity index (χ1v) is 9.91. The van der Waals surface area contributed by atoms with E-state index >= 15 is 0 Å². The Labute approximate surface area is 185 Å². The summed E-state index contributed by atoms with van der Waals surface area (Å²) in [5.74, 6) is -0.558. The van der Waals surface area contributed by atoms with Gasteiger partial charge in [-0.05, 0) is 30.2 Å². The minimum absolute atomic E-state index is 0.0265. The molecule has 0 bridgehead atoms. The van der Waals surface area contributed by atoms with Gasteiger partial charge in [0.25, 0.3) is 5.56 Å². The Morgan fingerprint density at radius 2 is 2.03 bits per heavy atom. The molecule has 31 heavy (non-hydrogen) atoms. The molecule has 1 aromatic carbocycles. The molecule has 0 unspecified atom stereocenters. The van der Waals surface area contributed by atoms with Crippen molar-refractivity contribution in [3.05, 3.63) is 73.4 Å². The Morgan fingerprint density at radius 1 is 1.23 bits per heavy atom. The van der Waals surface area contributed by atoms with Gasteiger partial charge in [0.1, 0.15) is 12.4 Å². The zero-order valence-electron chi connectivity index (χ0n) is 15.9. The highest BCUT2D eigenvalue weighted by Gasteiger charge is 2.28. The first-order valence-electron chi connectivity index (χ1n) is 9.16. The van der Waals surface area contributed by atoms with Crippen LogP contribution in [0.5, 0.6) is 0 Å². The highest BCUT2D eigenvalue weighted by Crippen LogP contribution is 2.31. The van der Waals surface area contributed by atoms with Gasteiger partial charge in [-0.3, -0.25) is 19.2 Å². The standard InChI is InChI=1S/C20H14Cl2FN5O3/c21-13-9-14(11-25-10-13)28-19(29)17(12-2-3-16(23)15(22)8-12)18(27-5-1-7-31-27)26(6-4-24)20(28)30/h2-3,8-11H,1,5-7H2. The van der Waals surface area contributed by atoms with Crippen molar-refractivity contribution in [3.63, 3.8) is 0 Å². The number of nitriles is 1. The minimum Gasteiger partial charge on any atom is -0.272 e. The number of hydroxylamine groups is 1. The van der Waals surface area contributed by atoms with Crippen LogP contribution in [0.3, 0.4) is 0 Å². The molecular formula is C20H14Cl2FN5O3. The van der Waals surface area contributed by atoms with Crippen LogP contribution in [-0.4, -0.2) is 27.3 Å². The second kappa shape index (κ2) is 8.51. The quantitative estimate of drug-likeness (QED) is 0.592. The smallest absolute Gasteiger partial charge is 0.272 e. The number of aromatic nitrogens is 3. The molecule has 4 rings (SSSR count). The van der Waals surface area contributed by atoms with Crippen molar-refractivity contribution in [2.24, 2.45) is 0 Å². The average molecular weight is 462 g/mol. The Morgan fingerprint density at radius 3 is 2.68 bits per heavy atom. The maximum absolute atomic E-state index is 13.8. The molecule has 1 saturated heterocycles. The van der Waals surface area contributed by atoms with Gasteiger partial charge in [-0.1, -0.05) is 29.3 Å². The summed E-state index contributed by atoms with van der Waals surface area (Å²) in [4.78, 5) is 36.4. The van der Waals surface area contributed by atoms with Crippen LogP contribution in [0.15, 0.2) is 46.2 Å². The van der Waals surface area contributed by atoms with E-state index in [0.29, 0.717) is 19.6 Å². The maximum atomic E-state index is 13.8. The highest BCUT2D eigenvalue weighted by molar-refractivity contribution is 6.31. The van der Waals surface area contributed by atoms with Crippen molar-refractivity contribution >= 4 is 29.0 Å². The lowest BCUT2D eigenvalue weighted by Crippen LogP contribution is -2.43. The molecule has 1 aliphatic rings. The molecule has 0 radical (unpaired) electrons. The minimum atomic E-state index is -0.766. The monoisotopic (exact) mass is 461 g/mol. The van der Waals surface area contributed by atoms with E-state index in [4.69, 9.17) is 28.0 Å². The molecular weight excluding hydrogens is 448 g/mol. The van der Waals surface area contributed by atoms with Crippen LogP contribution in [0.1, 0.15) is 6.42 Å². The predicted octanol–water partition coefficient (Wildman–Crippen LogP) is 3.17. The molecule has 8 nitrogen and oxygen atoms in total. The first-order chi connectivity index (χ1) is 14.9. The zero-order valence-corrected chi connectivity index (χ0v) is 17.4. The van der Waals surface area contributed by atoms with E-state index < -0.39 is 17.1 Å². The van der Waals surface area contributed by atoms with Crippen molar-refractivity contribution in [2.75, 3.05) is 18.2 Å². The zero-order chi connectivity index (χ0) is 22.1. The van der Waals surface area contributed by atoms with Gasteiger partial charge in [-0.15, -0.1) is 0 Å². The van der Waals surface area contributed by atoms with Crippen molar-refractivity contribution in [1.29, 1.82) is 5.26 Å². The van der Waals surface area contributed by atoms with Crippen LogP contribution < -0.4 is 16.3 Å². The van der Waals surface area contributed by atoms with Gasteiger partial charge in [-0.25, -0.2) is 18.8 Å². The number of hydrogen-bond acceptors (Lipinski definition) is 6. The lowest BCUT2D eigenvalue weighted by Gasteiger charge is -2.24. The number of rotatable bonds is 4. The Balaban J connectivity index is 2.14. The molecule has 11 heteroatoms. The SMILES string of the molecule is N#CCn1c(N2CCCO2)c(-c2ccc(F)c(Cl)c2)c(=O)n(-c2cncc(Cl)c2)c1=O. The Kier molecular flexibility index (Phi) is 5.78. The van der Waals surface area contributed by atoms with Gasteiger partial charge < -0.3 is 0 Å². The van der Waals surface area contributed by atoms with E-state index in [1.165, 1.54) is 35.7 Å². The lowest BCUT2D eigenvalue weighted by atomic mass is 10.1. The number of benzene rings is 1. The molecule has 1 aliphatic heterocycles. The van der Waals surface area contributed by atoms with E-state index in [-0.39, 0.29) is 39.2 Å². The third-order valence-corrected chi connectivity index (χ3v) is 5.19. The van der Waals surface area contributed by atoms with Crippen molar-refractivity contribution in [3.8, 4) is 22.9 Å². The van der Waals surface area contributed by atoms with E-state index in [2.05, 4.69) is 4.98 Å². The third kappa shape index (κ3) is 3.81. The summed E-state index contributed by atoms with van der Waals surface area (Å²) in [6, 6.07) is 7.12. The summed E-state index contributed by atoms with van der Waals surface area (Å²) >= 11 is 12.0. The molecule has 0 saturated carbocycles. The van der Waals surface area contributed by atoms with Crippen LogP contribution in [0.25, 0.3) is 16.8 Å². The van der Waals surface area contributed by atoms with Crippen molar-refractivity contribution in [1.82, 2.24) is 14.1 Å². The van der Waals surface area contributed by atoms with Gasteiger partial charge in [-0.2, -0.15) is 5.26 Å². The number of halogens is 3. The normalized spacial score (nSPS) is 13.4. The Bertz CT molecular complexity index is 1330. The fourth-order valence-electron chi connectivity index (χ4n) is 3.38. The molecule has 3 aromatic rings. The number of pyridine rings is 1. The molecule has 158 valence electrons. The van der Waals surface area contributed by atoms with Gasteiger partial charge in [0.2, 0.25) is 0 Å². The predicted molar refractivity (Wildman–Crippen MR) is 113 cm³/mol. The second-order valence-corrected chi connectivity index (χ2v) is 7.49. The number of hydrogen-bond donors (Lipinski definition) is 0. The summed E-state index contributed by atoms with van der Waals surface area (Å²) in [6.45, 7) is 0.421. The molecule has 0 atom stereocenters. The molecule has 0 amide bonds. The van der Waals surface area contributed by atoms with Crippen molar-refractivity contribution < 1.29 is 9.23 Å². The summed E-state index contributed by atoms with van der Waals surface area (Å²) in [5.41, 5.74) is -1.07. The van der Waals surface area contributed by atoms with Crippen LogP contribution in [0, 0.1) is 17.1 Å². The van der Waals surface area contributed by atoms with Gasteiger partial charge in [0.05, 0.1) is 40.2 Å². The third-order valence-electron chi connectivity index (χ3n) is 4.69. The molecule has 0 spiro atoms. The Hall–Kier alpha value is -3.19. The average Bonchev–Trinajstić information content (AvgIpc) is 3.27. The molecule has 1 fully saturated rings. The summed E-state index contributed by atoms with van der Waals surface area (Å²) in [6.07, 6.45) is 3.32. The summed E-state index contributed by atoms with van der Waals surface area (Å²) < 4.78 is 15.8. The lowest BCUT2D eigenvalue weighted by molar-refractivity contribution is 0.164. The molecule has 0 aliphatic carbocycles. The van der Waals surface area contributed by atoms with Gasteiger partial charge in [0.15, 0.2) is 5.82 Å². The van der Waals surface area contributed by atoms with Crippen molar-refractivity contribution in [2.45, 2.75) is 13.0 Å². The van der Waals surface area contributed by atoms with E-state index in [9.17, 15) is 19.2 Å². The molecule has 0 N–H and O–H groups in total. The van der Waals surface area contributed by atoms with Crippen LogP contribution >= 0.6 is 23.2 Å². The molecule has 3 heterocycles. The maximum Gasteiger partial charge on any atom is 0.338 e. The van der Waals surface area contributed by atoms with Gasteiger partial charge >= 0.3 is 5.69 Å². The fraction of sp³-hybridized carbons (Fsp3) is 0.200. The first kappa shape index (κ1) is 21.1. The summed E-state index contributed by atoms with van der Waals surface area (Å²) in [7, 11) is 0. The number of anilines is 1. The van der Waals surface area contributed by atoms with Gasteiger partial charge in [0, 0.05) is 12.7 Å². The van der Waals surface area contributed by atoms with Crippen LogP contribution in [0.2, 0.25) is 10.0 Å².